The Balaban J connectivity index is 1.49. The first kappa shape index (κ1) is 26.6. The molecule has 1 saturated heterocycles. The molecule has 1 aliphatic heterocycles. The second-order valence-electron chi connectivity index (χ2n) is 9.02. The first-order chi connectivity index (χ1) is 18.3. The zero-order valence-electron chi connectivity index (χ0n) is 20.5. The Morgan fingerprint density at radius 1 is 1.11 bits per heavy atom. The smallest absolute Gasteiger partial charge is 0.226 e. The average molecular weight is 584 g/mol. The number of amides is 1. The molecule has 1 amide bonds. The highest BCUT2D eigenvalue weighted by Gasteiger charge is 2.42. The van der Waals surface area contributed by atoms with Gasteiger partial charge in [0.15, 0.2) is 10.2 Å². The molecule has 194 valence electrons. The molecular formula is C28H24Cl2N4O2S2. The Hall–Kier alpha value is -3.04. The summed E-state index contributed by atoms with van der Waals surface area (Å²) in [5, 5.41) is 8.64. The minimum absolute atomic E-state index is 0.104. The summed E-state index contributed by atoms with van der Waals surface area (Å²) in [6.45, 7) is 3.66. The Kier molecular flexibility index (Phi) is 7.95. The molecule has 10 heteroatoms. The van der Waals surface area contributed by atoms with Crippen molar-refractivity contribution in [2.75, 3.05) is 10.2 Å². The van der Waals surface area contributed by atoms with Crippen LogP contribution in [0.25, 0.3) is 0 Å². The van der Waals surface area contributed by atoms with Crippen molar-refractivity contribution in [3.05, 3.63) is 100 Å². The lowest BCUT2D eigenvalue weighted by atomic mass is 10.0. The van der Waals surface area contributed by atoms with Gasteiger partial charge in [-0.15, -0.1) is 0 Å². The van der Waals surface area contributed by atoms with Crippen molar-refractivity contribution in [3.8, 4) is 0 Å². The second kappa shape index (κ2) is 11.4. The summed E-state index contributed by atoms with van der Waals surface area (Å²) < 4.78 is 6.36. The van der Waals surface area contributed by atoms with Crippen LogP contribution < -0.4 is 15.5 Å². The highest BCUT2D eigenvalue weighted by atomic mass is 35.5. The van der Waals surface area contributed by atoms with E-state index >= 15 is 0 Å². The number of anilines is 2. The standard InChI is InChI=1S/C28H24Cl2N4O2S2/c1-16(2)27(35)32-21-11-8-18(15-20(21)30)34-26(25(33-28(34)37)22-5-3-4-14-31-22)23-12-13-24(36-23)38-19-9-6-17(29)7-10-19/h3-16,25-26H,1-2H3,(H,32,35)(H,33,37)/t25-,26-/m0/s1. The molecule has 0 aliphatic carbocycles. The molecule has 1 fully saturated rings. The molecule has 2 N–H and O–H groups in total. The van der Waals surface area contributed by atoms with E-state index in [0.29, 0.717) is 20.8 Å². The third-order valence-corrected chi connectivity index (χ3v) is 7.84. The van der Waals surface area contributed by atoms with Crippen LogP contribution in [0.3, 0.4) is 0 Å². The highest BCUT2D eigenvalue weighted by Crippen LogP contribution is 2.44. The number of carbonyl (C=O) groups excluding carboxylic acids is 1. The summed E-state index contributed by atoms with van der Waals surface area (Å²) >= 11 is 19.9. The van der Waals surface area contributed by atoms with Gasteiger partial charge in [-0.1, -0.05) is 54.9 Å². The van der Waals surface area contributed by atoms with E-state index in [4.69, 9.17) is 39.8 Å². The fourth-order valence-corrected chi connectivity index (χ4v) is 5.59. The van der Waals surface area contributed by atoms with Crippen LogP contribution in [0.4, 0.5) is 11.4 Å². The average Bonchev–Trinajstić information content (AvgIpc) is 3.51. The van der Waals surface area contributed by atoms with E-state index in [9.17, 15) is 4.79 Å². The number of hydrogen-bond donors (Lipinski definition) is 2. The Morgan fingerprint density at radius 2 is 1.89 bits per heavy atom. The van der Waals surface area contributed by atoms with Crippen molar-refractivity contribution in [1.82, 2.24) is 10.3 Å². The van der Waals surface area contributed by atoms with E-state index in [2.05, 4.69) is 15.6 Å². The molecule has 0 unspecified atom stereocenters. The molecule has 0 saturated carbocycles. The van der Waals surface area contributed by atoms with Crippen molar-refractivity contribution >= 4 is 69.6 Å². The number of benzene rings is 2. The van der Waals surface area contributed by atoms with Gasteiger partial charge in [0.1, 0.15) is 11.8 Å². The van der Waals surface area contributed by atoms with Crippen LogP contribution in [0, 0.1) is 5.92 Å². The van der Waals surface area contributed by atoms with Gasteiger partial charge in [-0.25, -0.2) is 0 Å². The van der Waals surface area contributed by atoms with Crippen LogP contribution in [-0.2, 0) is 4.79 Å². The number of pyridine rings is 1. The predicted octanol–water partition coefficient (Wildman–Crippen LogP) is 7.90. The van der Waals surface area contributed by atoms with Crippen LogP contribution >= 0.6 is 47.2 Å². The van der Waals surface area contributed by atoms with Crippen molar-refractivity contribution in [1.29, 1.82) is 0 Å². The third kappa shape index (κ3) is 5.68. The maximum Gasteiger partial charge on any atom is 0.226 e. The molecule has 5 rings (SSSR count). The number of furan rings is 1. The minimum atomic E-state index is -0.330. The number of nitrogens with one attached hydrogen (secondary N) is 2. The molecule has 4 aromatic rings. The summed E-state index contributed by atoms with van der Waals surface area (Å²) in [6, 6.07) is 22.2. The van der Waals surface area contributed by atoms with Crippen LogP contribution in [0.15, 0.2) is 93.4 Å². The van der Waals surface area contributed by atoms with Gasteiger partial charge in [0.25, 0.3) is 0 Å². The number of hydrogen-bond acceptors (Lipinski definition) is 5. The van der Waals surface area contributed by atoms with Gasteiger partial charge in [0.05, 0.1) is 22.4 Å². The maximum atomic E-state index is 12.2. The lowest BCUT2D eigenvalue weighted by Crippen LogP contribution is -2.29. The van der Waals surface area contributed by atoms with E-state index in [1.54, 1.807) is 18.3 Å². The molecule has 0 bridgehead atoms. The molecule has 0 spiro atoms. The van der Waals surface area contributed by atoms with Gasteiger partial charge >= 0.3 is 0 Å². The quantitative estimate of drug-likeness (QED) is 0.214. The van der Waals surface area contributed by atoms with Gasteiger partial charge in [-0.3, -0.25) is 9.78 Å². The number of aromatic nitrogens is 1. The molecule has 2 aromatic carbocycles. The second-order valence-corrected chi connectivity index (χ2v) is 11.3. The molecule has 38 heavy (non-hydrogen) atoms. The minimum Gasteiger partial charge on any atom is -0.452 e. The Labute approximate surface area is 240 Å². The molecule has 1 aliphatic rings. The summed E-state index contributed by atoms with van der Waals surface area (Å²) in [6.07, 6.45) is 1.76. The number of thiocarbonyl (C=S) groups is 1. The molecule has 3 heterocycles. The van der Waals surface area contributed by atoms with Crippen LogP contribution in [0.1, 0.15) is 37.4 Å². The summed E-state index contributed by atoms with van der Waals surface area (Å²) in [7, 11) is 0. The van der Waals surface area contributed by atoms with Gasteiger partial charge < -0.3 is 20.0 Å². The zero-order valence-corrected chi connectivity index (χ0v) is 23.7. The van der Waals surface area contributed by atoms with Crippen molar-refractivity contribution in [2.24, 2.45) is 5.92 Å². The number of carbonyl (C=O) groups is 1. The van der Waals surface area contributed by atoms with Gasteiger partial charge in [0, 0.05) is 27.7 Å². The Bertz CT molecular complexity index is 1460. The number of nitrogens with zero attached hydrogens (tertiary/aromatic N) is 2. The van der Waals surface area contributed by atoms with Gasteiger partial charge in [0.2, 0.25) is 5.91 Å². The zero-order chi connectivity index (χ0) is 26.8. The molecule has 2 aromatic heterocycles. The summed E-state index contributed by atoms with van der Waals surface area (Å²) in [5.74, 6) is 0.452. The summed E-state index contributed by atoms with van der Waals surface area (Å²) in [4.78, 5) is 19.8. The molecule has 2 atom stereocenters. The maximum absolute atomic E-state index is 12.2. The van der Waals surface area contributed by atoms with E-state index in [1.807, 2.05) is 79.4 Å². The van der Waals surface area contributed by atoms with Crippen molar-refractivity contribution in [2.45, 2.75) is 35.9 Å². The van der Waals surface area contributed by atoms with Gasteiger partial charge in [-0.2, -0.15) is 0 Å². The van der Waals surface area contributed by atoms with Crippen LogP contribution in [0.5, 0.6) is 0 Å². The first-order valence-corrected chi connectivity index (χ1v) is 13.9. The fourth-order valence-electron chi connectivity index (χ4n) is 4.12. The molecule has 6 nitrogen and oxygen atoms in total. The predicted molar refractivity (Wildman–Crippen MR) is 157 cm³/mol. The van der Waals surface area contributed by atoms with Gasteiger partial charge in [-0.05, 0) is 78.9 Å². The monoisotopic (exact) mass is 582 g/mol. The van der Waals surface area contributed by atoms with E-state index in [-0.39, 0.29) is 23.9 Å². The SMILES string of the molecule is CC(C)C(=O)Nc1ccc(N2C(=S)N[C@@H](c3ccccn3)[C@@H]2c2ccc(Sc3ccc(Cl)cc3)o2)cc1Cl. The number of rotatable bonds is 7. The van der Waals surface area contributed by atoms with Crippen LogP contribution in [0.2, 0.25) is 10.0 Å². The van der Waals surface area contributed by atoms with Crippen LogP contribution in [-0.4, -0.2) is 16.0 Å². The lowest BCUT2D eigenvalue weighted by molar-refractivity contribution is -0.118. The highest BCUT2D eigenvalue weighted by molar-refractivity contribution is 7.99. The van der Waals surface area contributed by atoms with E-state index in [1.165, 1.54) is 11.8 Å². The molecule has 0 radical (unpaired) electrons. The third-order valence-electron chi connectivity index (χ3n) is 6.04. The van der Waals surface area contributed by atoms with Crippen molar-refractivity contribution < 1.29 is 9.21 Å². The first-order valence-electron chi connectivity index (χ1n) is 11.9. The summed E-state index contributed by atoms with van der Waals surface area (Å²) in [5.41, 5.74) is 2.14. The topological polar surface area (TPSA) is 70.4 Å². The Morgan fingerprint density at radius 3 is 2.58 bits per heavy atom. The lowest BCUT2D eigenvalue weighted by Gasteiger charge is -2.26. The molecular weight excluding hydrogens is 559 g/mol. The fraction of sp³-hybridized carbons (Fsp3) is 0.179. The largest absolute Gasteiger partial charge is 0.452 e. The number of halogens is 2. The normalized spacial score (nSPS) is 17.1. The van der Waals surface area contributed by atoms with E-state index < -0.39 is 0 Å². The van der Waals surface area contributed by atoms with E-state index in [0.717, 1.165) is 27.1 Å². The van der Waals surface area contributed by atoms with Crippen molar-refractivity contribution in [3.63, 3.8) is 0 Å².